The van der Waals surface area contributed by atoms with Crippen LogP contribution in [0.1, 0.15) is 28.4 Å². The summed E-state index contributed by atoms with van der Waals surface area (Å²) in [6, 6.07) is 14.3. The van der Waals surface area contributed by atoms with Gasteiger partial charge in [0, 0.05) is 23.5 Å². The van der Waals surface area contributed by atoms with Crippen molar-refractivity contribution in [2.24, 2.45) is 4.99 Å². The molecule has 1 amide bonds. The first-order valence-electron chi connectivity index (χ1n) is 9.53. The van der Waals surface area contributed by atoms with Crippen LogP contribution >= 0.6 is 0 Å². The van der Waals surface area contributed by atoms with Gasteiger partial charge in [0.25, 0.3) is 5.91 Å². The van der Waals surface area contributed by atoms with Crippen LogP contribution in [0, 0.1) is 17.1 Å². The summed E-state index contributed by atoms with van der Waals surface area (Å²) in [7, 11) is 0. The summed E-state index contributed by atoms with van der Waals surface area (Å²) in [5.74, 6) is 0.152. The lowest BCUT2D eigenvalue weighted by Crippen LogP contribution is -2.23. The number of hydrogen-bond acceptors (Lipinski definition) is 6. The number of pyridine rings is 2. The van der Waals surface area contributed by atoms with Crippen molar-refractivity contribution in [1.82, 2.24) is 15.3 Å². The largest absolute Gasteiger partial charge is 0.325 e. The Morgan fingerprint density at radius 1 is 1.12 bits per heavy atom. The van der Waals surface area contributed by atoms with E-state index in [1.807, 2.05) is 6.07 Å². The number of allylic oxidation sites excluding steroid dienone is 2. The number of nitriles is 1. The van der Waals surface area contributed by atoms with Crippen molar-refractivity contribution in [3.63, 3.8) is 0 Å². The third-order valence-corrected chi connectivity index (χ3v) is 4.37. The first kappa shape index (κ1) is 22.1. The molecule has 0 aliphatic rings. The van der Waals surface area contributed by atoms with E-state index in [1.54, 1.807) is 49.4 Å². The van der Waals surface area contributed by atoms with E-state index in [2.05, 4.69) is 32.3 Å². The zero-order chi connectivity index (χ0) is 22.9. The van der Waals surface area contributed by atoms with Crippen molar-refractivity contribution in [3.05, 3.63) is 101 Å². The molecule has 0 radical (unpaired) electrons. The minimum absolute atomic E-state index is 0.348. The third kappa shape index (κ3) is 5.49. The van der Waals surface area contributed by atoms with E-state index in [4.69, 9.17) is 5.26 Å². The Kier molecular flexibility index (Phi) is 7.17. The molecule has 8 heteroatoms. The molecule has 158 valence electrons. The molecule has 0 spiro atoms. The highest BCUT2D eigenvalue weighted by molar-refractivity contribution is 5.98. The SMILES string of the molecule is C=N/C=C(NC(=O)c1ccnc(Nc2ccc(C#N)cn2)c1)\C(=C/C)c1ccc(F)cc1. The molecule has 0 unspecified atom stereocenters. The van der Waals surface area contributed by atoms with Crippen LogP contribution in [0.25, 0.3) is 5.57 Å². The fraction of sp³-hybridized carbons (Fsp3) is 0.0417. The zero-order valence-electron chi connectivity index (χ0n) is 17.2. The summed E-state index contributed by atoms with van der Waals surface area (Å²) in [4.78, 5) is 25.0. The molecule has 0 aliphatic carbocycles. The predicted molar refractivity (Wildman–Crippen MR) is 122 cm³/mol. The zero-order valence-corrected chi connectivity index (χ0v) is 17.2. The molecule has 0 aliphatic heterocycles. The summed E-state index contributed by atoms with van der Waals surface area (Å²) in [6.07, 6.45) is 6.15. The van der Waals surface area contributed by atoms with Crippen LogP contribution in [0.15, 0.2) is 83.9 Å². The predicted octanol–water partition coefficient (Wildman–Crippen LogP) is 4.61. The summed E-state index contributed by atoms with van der Waals surface area (Å²) < 4.78 is 13.3. The number of anilines is 2. The molecule has 2 N–H and O–H groups in total. The van der Waals surface area contributed by atoms with Crippen molar-refractivity contribution >= 4 is 29.8 Å². The quantitative estimate of drug-likeness (QED) is 0.424. The van der Waals surface area contributed by atoms with Crippen molar-refractivity contribution in [2.45, 2.75) is 6.92 Å². The number of aliphatic imine (C=N–C) groups is 1. The standard InChI is InChI=1S/C24H19FN6O/c1-3-20(17-5-7-19(25)8-6-17)21(15-27-2)30-24(32)18-10-11-28-23(12-18)31-22-9-4-16(13-26)14-29-22/h3-12,14-15H,2H2,1H3,(H,30,32)(H,28,29,31)/b20-3-,21-15+. The Labute approximate surface area is 184 Å². The lowest BCUT2D eigenvalue weighted by molar-refractivity contribution is 0.0967. The van der Waals surface area contributed by atoms with Crippen LogP contribution in [0.2, 0.25) is 0 Å². The second-order valence-electron chi connectivity index (χ2n) is 6.49. The molecule has 0 saturated heterocycles. The van der Waals surface area contributed by atoms with Gasteiger partial charge in [0.05, 0.1) is 17.5 Å². The molecular weight excluding hydrogens is 407 g/mol. The lowest BCUT2D eigenvalue weighted by Gasteiger charge is -2.14. The van der Waals surface area contributed by atoms with Crippen molar-refractivity contribution < 1.29 is 9.18 Å². The van der Waals surface area contributed by atoms with Crippen molar-refractivity contribution in [1.29, 1.82) is 5.26 Å². The average Bonchev–Trinajstić information content (AvgIpc) is 2.81. The summed E-state index contributed by atoms with van der Waals surface area (Å²) in [5.41, 5.74) is 2.58. The average molecular weight is 426 g/mol. The minimum atomic E-state index is -0.389. The number of nitrogens with one attached hydrogen (secondary N) is 2. The molecule has 0 bridgehead atoms. The van der Waals surface area contributed by atoms with E-state index >= 15 is 0 Å². The molecular formula is C24H19FN6O. The van der Waals surface area contributed by atoms with Gasteiger partial charge in [-0.15, -0.1) is 0 Å². The van der Waals surface area contributed by atoms with E-state index in [-0.39, 0.29) is 11.7 Å². The normalized spacial score (nSPS) is 11.4. The fourth-order valence-electron chi connectivity index (χ4n) is 2.87. The summed E-state index contributed by atoms with van der Waals surface area (Å²) >= 11 is 0. The van der Waals surface area contributed by atoms with Gasteiger partial charge in [-0.2, -0.15) is 5.26 Å². The smallest absolute Gasteiger partial charge is 0.255 e. The summed E-state index contributed by atoms with van der Waals surface area (Å²) in [6.45, 7) is 5.27. The van der Waals surface area contributed by atoms with E-state index in [0.29, 0.717) is 39.6 Å². The Morgan fingerprint density at radius 2 is 1.91 bits per heavy atom. The molecule has 0 fully saturated rings. The van der Waals surface area contributed by atoms with Crippen LogP contribution in [0.5, 0.6) is 0 Å². The van der Waals surface area contributed by atoms with Gasteiger partial charge in [-0.25, -0.2) is 14.4 Å². The highest BCUT2D eigenvalue weighted by Gasteiger charge is 2.14. The molecule has 2 aromatic heterocycles. The van der Waals surface area contributed by atoms with Gasteiger partial charge in [-0.3, -0.25) is 9.79 Å². The maximum atomic E-state index is 13.3. The maximum Gasteiger partial charge on any atom is 0.255 e. The first-order chi connectivity index (χ1) is 15.5. The van der Waals surface area contributed by atoms with Gasteiger partial charge in [-0.1, -0.05) is 18.2 Å². The topological polar surface area (TPSA) is 103 Å². The Morgan fingerprint density at radius 3 is 2.53 bits per heavy atom. The fourth-order valence-corrected chi connectivity index (χ4v) is 2.87. The second-order valence-corrected chi connectivity index (χ2v) is 6.49. The number of aromatic nitrogens is 2. The maximum absolute atomic E-state index is 13.3. The molecule has 3 rings (SSSR count). The number of carbonyl (C=O) groups is 1. The first-order valence-corrected chi connectivity index (χ1v) is 9.53. The Hall–Kier alpha value is -4.64. The molecule has 1 aromatic carbocycles. The minimum Gasteiger partial charge on any atom is -0.325 e. The van der Waals surface area contributed by atoms with Crippen LogP contribution in [-0.4, -0.2) is 22.6 Å². The van der Waals surface area contributed by atoms with Crippen LogP contribution in [-0.2, 0) is 0 Å². The third-order valence-electron chi connectivity index (χ3n) is 4.37. The van der Waals surface area contributed by atoms with Gasteiger partial charge in [-0.05, 0) is 55.6 Å². The van der Waals surface area contributed by atoms with Crippen molar-refractivity contribution in [3.8, 4) is 6.07 Å². The lowest BCUT2D eigenvalue weighted by atomic mass is 10.0. The van der Waals surface area contributed by atoms with Crippen LogP contribution in [0.3, 0.4) is 0 Å². The van der Waals surface area contributed by atoms with E-state index < -0.39 is 0 Å². The molecule has 3 aromatic rings. The monoisotopic (exact) mass is 426 g/mol. The highest BCUT2D eigenvalue weighted by atomic mass is 19.1. The van der Waals surface area contributed by atoms with Gasteiger partial charge >= 0.3 is 0 Å². The number of halogens is 1. The second kappa shape index (κ2) is 10.4. The number of hydrogen-bond donors (Lipinski definition) is 2. The van der Waals surface area contributed by atoms with Gasteiger partial charge < -0.3 is 10.6 Å². The van der Waals surface area contributed by atoms with E-state index in [0.717, 1.165) is 0 Å². The number of amides is 1. The van der Waals surface area contributed by atoms with Crippen LogP contribution in [0.4, 0.5) is 16.0 Å². The molecule has 0 atom stereocenters. The number of benzene rings is 1. The number of rotatable bonds is 7. The molecule has 2 heterocycles. The van der Waals surface area contributed by atoms with E-state index in [1.165, 1.54) is 30.7 Å². The number of nitrogens with zero attached hydrogens (tertiary/aromatic N) is 4. The van der Waals surface area contributed by atoms with Gasteiger partial charge in [0.2, 0.25) is 0 Å². The Bertz CT molecular complexity index is 1220. The van der Waals surface area contributed by atoms with Gasteiger partial charge in [0.1, 0.15) is 23.5 Å². The highest BCUT2D eigenvalue weighted by Crippen LogP contribution is 2.23. The van der Waals surface area contributed by atoms with Crippen LogP contribution < -0.4 is 10.6 Å². The van der Waals surface area contributed by atoms with E-state index in [9.17, 15) is 9.18 Å². The molecule has 32 heavy (non-hydrogen) atoms. The summed E-state index contributed by atoms with van der Waals surface area (Å²) in [5, 5.41) is 14.7. The van der Waals surface area contributed by atoms with Crippen molar-refractivity contribution in [2.75, 3.05) is 5.32 Å². The Balaban J connectivity index is 1.80. The van der Waals surface area contributed by atoms with Gasteiger partial charge in [0.15, 0.2) is 0 Å². The molecule has 0 saturated carbocycles. The number of carbonyl (C=O) groups excluding carboxylic acids is 1. The molecule has 7 nitrogen and oxygen atoms in total.